The molecule has 0 unspecified atom stereocenters. The fraction of sp³-hybridized carbons (Fsp3) is 0.350. The standard InChI is InChI=1S/C20H26N2O4S/c1-4-16-9-5-7-11-18(16)22(27(3,24)25)15-20(23)21-14-13-17-10-6-8-12-19(17)26-2/h5-12H,4,13-15H2,1-3H3,(H,21,23). The van der Waals surface area contributed by atoms with Gasteiger partial charge in [0.2, 0.25) is 15.9 Å². The summed E-state index contributed by atoms with van der Waals surface area (Å²) < 4.78 is 30.9. The molecule has 2 aromatic rings. The van der Waals surface area contributed by atoms with E-state index in [9.17, 15) is 13.2 Å². The predicted octanol–water partition coefficient (Wildman–Crippen LogP) is 2.38. The lowest BCUT2D eigenvalue weighted by atomic mass is 10.1. The maximum atomic E-state index is 12.4. The third-order valence-corrected chi connectivity index (χ3v) is 5.36. The van der Waals surface area contributed by atoms with E-state index in [1.807, 2.05) is 43.3 Å². The predicted molar refractivity (Wildman–Crippen MR) is 108 cm³/mol. The van der Waals surface area contributed by atoms with Crippen LogP contribution < -0.4 is 14.4 Å². The highest BCUT2D eigenvalue weighted by Gasteiger charge is 2.22. The van der Waals surface area contributed by atoms with E-state index in [0.717, 1.165) is 27.4 Å². The first kappa shape index (κ1) is 20.8. The van der Waals surface area contributed by atoms with E-state index < -0.39 is 10.0 Å². The Kier molecular flexibility index (Phi) is 7.24. The van der Waals surface area contributed by atoms with Crippen LogP contribution in [0.2, 0.25) is 0 Å². The lowest BCUT2D eigenvalue weighted by molar-refractivity contribution is -0.119. The van der Waals surface area contributed by atoms with E-state index in [2.05, 4.69) is 5.32 Å². The highest BCUT2D eigenvalue weighted by Crippen LogP contribution is 2.23. The van der Waals surface area contributed by atoms with E-state index in [0.29, 0.717) is 25.1 Å². The van der Waals surface area contributed by atoms with Gasteiger partial charge in [0.25, 0.3) is 0 Å². The molecule has 1 amide bonds. The van der Waals surface area contributed by atoms with Gasteiger partial charge in [-0.05, 0) is 36.1 Å². The van der Waals surface area contributed by atoms with Gasteiger partial charge in [-0.25, -0.2) is 8.42 Å². The third kappa shape index (κ3) is 5.72. The normalized spacial score (nSPS) is 11.1. The highest BCUT2D eigenvalue weighted by molar-refractivity contribution is 7.92. The second-order valence-electron chi connectivity index (χ2n) is 6.16. The molecular weight excluding hydrogens is 364 g/mol. The Labute approximate surface area is 161 Å². The Hall–Kier alpha value is -2.54. The summed E-state index contributed by atoms with van der Waals surface area (Å²) in [5, 5.41) is 2.79. The van der Waals surface area contributed by atoms with Crippen LogP contribution >= 0.6 is 0 Å². The fourth-order valence-electron chi connectivity index (χ4n) is 2.87. The van der Waals surface area contributed by atoms with Crippen molar-refractivity contribution < 1.29 is 17.9 Å². The molecule has 6 nitrogen and oxygen atoms in total. The van der Waals surface area contributed by atoms with E-state index in [4.69, 9.17) is 4.74 Å². The zero-order chi connectivity index (χ0) is 19.9. The Morgan fingerprint density at radius 3 is 2.33 bits per heavy atom. The van der Waals surface area contributed by atoms with Gasteiger partial charge < -0.3 is 10.1 Å². The molecule has 0 spiro atoms. The summed E-state index contributed by atoms with van der Waals surface area (Å²) in [5.41, 5.74) is 2.41. The Morgan fingerprint density at radius 2 is 1.70 bits per heavy atom. The summed E-state index contributed by atoms with van der Waals surface area (Å²) in [6.07, 6.45) is 2.39. The average molecular weight is 391 g/mol. The lowest BCUT2D eigenvalue weighted by Crippen LogP contribution is -2.41. The average Bonchev–Trinajstić information content (AvgIpc) is 2.65. The summed E-state index contributed by atoms with van der Waals surface area (Å²) in [6.45, 7) is 2.10. The van der Waals surface area contributed by atoms with Crippen LogP contribution in [0.3, 0.4) is 0 Å². The van der Waals surface area contributed by atoms with Crippen molar-refractivity contribution in [3.05, 3.63) is 59.7 Å². The third-order valence-electron chi connectivity index (χ3n) is 4.24. The highest BCUT2D eigenvalue weighted by atomic mass is 32.2. The van der Waals surface area contributed by atoms with Crippen molar-refractivity contribution in [3.63, 3.8) is 0 Å². The molecule has 27 heavy (non-hydrogen) atoms. The van der Waals surface area contributed by atoms with Crippen LogP contribution in [0.5, 0.6) is 5.75 Å². The van der Waals surface area contributed by atoms with Crippen LogP contribution in [0, 0.1) is 0 Å². The minimum atomic E-state index is -3.58. The maximum Gasteiger partial charge on any atom is 0.240 e. The van der Waals surface area contributed by atoms with Crippen molar-refractivity contribution in [1.82, 2.24) is 5.32 Å². The van der Waals surface area contributed by atoms with Gasteiger partial charge in [-0.1, -0.05) is 43.3 Å². The van der Waals surface area contributed by atoms with Crippen molar-refractivity contribution in [3.8, 4) is 5.75 Å². The summed E-state index contributed by atoms with van der Waals surface area (Å²) in [5.74, 6) is 0.419. The molecule has 0 aromatic heterocycles. The molecule has 0 aliphatic rings. The van der Waals surface area contributed by atoms with Crippen LogP contribution in [0.15, 0.2) is 48.5 Å². The van der Waals surface area contributed by atoms with Crippen LogP contribution in [-0.2, 0) is 27.7 Å². The molecule has 0 aliphatic carbocycles. The summed E-state index contributed by atoms with van der Waals surface area (Å²) in [4.78, 5) is 12.4. The van der Waals surface area contributed by atoms with E-state index in [-0.39, 0.29) is 12.5 Å². The number of rotatable bonds is 9. The molecule has 7 heteroatoms. The number of hydrogen-bond acceptors (Lipinski definition) is 4. The number of methoxy groups -OCH3 is 1. The van der Waals surface area contributed by atoms with E-state index in [1.54, 1.807) is 19.2 Å². The first-order valence-electron chi connectivity index (χ1n) is 8.81. The van der Waals surface area contributed by atoms with Crippen molar-refractivity contribution in [1.29, 1.82) is 0 Å². The topological polar surface area (TPSA) is 75.7 Å². The number of benzene rings is 2. The zero-order valence-electron chi connectivity index (χ0n) is 15.9. The van der Waals surface area contributed by atoms with Gasteiger partial charge >= 0.3 is 0 Å². The minimum absolute atomic E-state index is 0.248. The van der Waals surface area contributed by atoms with Crippen LogP contribution in [-0.4, -0.2) is 40.8 Å². The first-order valence-corrected chi connectivity index (χ1v) is 10.7. The van der Waals surface area contributed by atoms with Gasteiger partial charge in [-0.15, -0.1) is 0 Å². The van der Waals surface area contributed by atoms with Gasteiger partial charge in [-0.3, -0.25) is 9.10 Å². The van der Waals surface area contributed by atoms with Crippen LogP contribution in [0.1, 0.15) is 18.1 Å². The second kappa shape index (κ2) is 9.41. The van der Waals surface area contributed by atoms with Crippen molar-refractivity contribution >= 4 is 21.6 Å². The summed E-state index contributed by atoms with van der Waals surface area (Å²) in [6, 6.07) is 14.8. The number of nitrogens with zero attached hydrogens (tertiary/aromatic N) is 1. The molecule has 2 rings (SSSR count). The lowest BCUT2D eigenvalue weighted by Gasteiger charge is -2.24. The molecule has 0 heterocycles. The van der Waals surface area contributed by atoms with Gasteiger partial charge in [0.05, 0.1) is 19.1 Å². The molecule has 0 fully saturated rings. The molecule has 0 bridgehead atoms. The van der Waals surface area contributed by atoms with Gasteiger partial charge in [-0.2, -0.15) is 0 Å². The maximum absolute atomic E-state index is 12.4. The number of anilines is 1. The molecule has 2 aromatic carbocycles. The molecule has 1 N–H and O–H groups in total. The van der Waals surface area contributed by atoms with Crippen LogP contribution in [0.25, 0.3) is 0 Å². The van der Waals surface area contributed by atoms with E-state index in [1.165, 1.54) is 0 Å². The van der Waals surface area contributed by atoms with Gasteiger partial charge in [0.15, 0.2) is 0 Å². The molecule has 0 atom stereocenters. The van der Waals surface area contributed by atoms with Gasteiger partial charge in [0, 0.05) is 6.54 Å². The Morgan fingerprint density at radius 1 is 1.07 bits per heavy atom. The monoisotopic (exact) mass is 390 g/mol. The number of carbonyl (C=O) groups excluding carboxylic acids is 1. The van der Waals surface area contributed by atoms with Crippen LogP contribution in [0.4, 0.5) is 5.69 Å². The SMILES string of the molecule is CCc1ccccc1N(CC(=O)NCCc1ccccc1OC)S(C)(=O)=O. The van der Waals surface area contributed by atoms with Crippen molar-refractivity contribution in [2.45, 2.75) is 19.8 Å². The largest absolute Gasteiger partial charge is 0.496 e. The molecular formula is C20H26N2O4S. The molecule has 0 aliphatic heterocycles. The number of nitrogens with one attached hydrogen (secondary N) is 1. The quantitative estimate of drug-likeness (QED) is 0.713. The molecule has 0 saturated heterocycles. The number of carbonyl (C=O) groups is 1. The van der Waals surface area contributed by atoms with Gasteiger partial charge in [0.1, 0.15) is 12.3 Å². The second-order valence-corrected chi connectivity index (χ2v) is 8.07. The summed E-state index contributed by atoms with van der Waals surface area (Å²) in [7, 11) is -1.98. The number of aryl methyl sites for hydroxylation is 1. The zero-order valence-corrected chi connectivity index (χ0v) is 16.8. The summed E-state index contributed by atoms with van der Waals surface area (Å²) >= 11 is 0. The fourth-order valence-corrected chi connectivity index (χ4v) is 3.75. The number of amides is 1. The Balaban J connectivity index is 2.04. The Bertz CT molecular complexity index is 881. The molecule has 146 valence electrons. The number of para-hydroxylation sites is 2. The van der Waals surface area contributed by atoms with E-state index >= 15 is 0 Å². The number of ether oxygens (including phenoxy) is 1. The smallest absolute Gasteiger partial charge is 0.240 e. The molecule has 0 saturated carbocycles. The van der Waals surface area contributed by atoms with Crippen molar-refractivity contribution in [2.24, 2.45) is 0 Å². The molecule has 0 radical (unpaired) electrons. The number of sulfonamides is 1. The van der Waals surface area contributed by atoms with Crippen molar-refractivity contribution in [2.75, 3.05) is 30.8 Å². The first-order chi connectivity index (χ1) is 12.9. The minimum Gasteiger partial charge on any atom is -0.496 e. The number of hydrogen-bond donors (Lipinski definition) is 1.